The molecule has 0 saturated carbocycles. The predicted octanol–water partition coefficient (Wildman–Crippen LogP) is 20.3. The average Bonchev–Trinajstić information content (AvgIpc) is 3.94. The quantitative estimate of drug-likeness (QED) is 0.115. The van der Waals surface area contributed by atoms with E-state index in [-0.39, 0.29) is 21.7 Å². The summed E-state index contributed by atoms with van der Waals surface area (Å²) in [6.45, 7) is 36.6. The predicted molar refractivity (Wildman–Crippen MR) is 304 cm³/mol. The Morgan fingerprint density at radius 1 is 0.412 bits per heavy atom. The molecule has 0 bridgehead atoms. The van der Waals surface area contributed by atoms with Gasteiger partial charge in [-0.15, -0.1) is 69.1 Å². The van der Waals surface area contributed by atoms with Gasteiger partial charge in [-0.3, -0.25) is 0 Å². The van der Waals surface area contributed by atoms with Crippen LogP contribution in [0.5, 0.6) is 0 Å². The Morgan fingerprint density at radius 3 is 0.941 bits per heavy atom. The zero-order valence-corrected chi connectivity index (χ0v) is 49.0. The van der Waals surface area contributed by atoms with Crippen LogP contribution in [0.1, 0.15) is 130 Å². The fraction of sp³-hybridized carbons (Fsp3) is 0.344. The van der Waals surface area contributed by atoms with Crippen LogP contribution in [0.25, 0.3) is 66.1 Å². The zero-order valence-electron chi connectivity index (χ0n) is 44.0. The molecule has 0 aliphatic carbocycles. The molecule has 2 radical (unpaired) electrons. The molecular formula is C64H76Cl2SiZr. The fourth-order valence-electron chi connectivity index (χ4n) is 8.80. The van der Waals surface area contributed by atoms with Crippen LogP contribution in [-0.2, 0) is 55.3 Å². The van der Waals surface area contributed by atoms with Crippen molar-refractivity contribution < 1.29 is 20.8 Å². The Bertz CT molecular complexity index is 2600. The van der Waals surface area contributed by atoms with Crippen molar-refractivity contribution in [3.05, 3.63) is 179 Å². The van der Waals surface area contributed by atoms with Gasteiger partial charge in [-0.25, -0.2) is 0 Å². The minimum atomic E-state index is -0.826. The second-order valence-corrected chi connectivity index (χ2v) is 27.0. The van der Waals surface area contributed by atoms with Crippen LogP contribution in [0.2, 0.25) is 13.1 Å². The van der Waals surface area contributed by atoms with Gasteiger partial charge in [0.25, 0.3) is 0 Å². The van der Waals surface area contributed by atoms with Gasteiger partial charge in [-0.2, -0.15) is 0 Å². The van der Waals surface area contributed by atoms with Gasteiger partial charge in [0.2, 0.25) is 0 Å². The van der Waals surface area contributed by atoms with Crippen LogP contribution in [0.15, 0.2) is 146 Å². The normalized spacial score (nSPS) is 11.8. The summed E-state index contributed by atoms with van der Waals surface area (Å²) in [5.74, 6) is 0. The molecule has 0 saturated heterocycles. The van der Waals surface area contributed by atoms with Gasteiger partial charge in [0.1, 0.15) is 0 Å². The van der Waals surface area contributed by atoms with E-state index in [0.29, 0.717) is 0 Å². The number of hydrogen-bond donors (Lipinski definition) is 0. The minimum absolute atomic E-state index is 0.109. The summed E-state index contributed by atoms with van der Waals surface area (Å²) in [5.41, 5.74) is 19.6. The van der Waals surface area contributed by atoms with Crippen LogP contribution in [-0.4, -0.2) is 9.52 Å². The number of halogens is 2. The Kier molecular flexibility index (Phi) is 19.0. The van der Waals surface area contributed by atoms with Gasteiger partial charge in [-0.1, -0.05) is 241 Å². The molecule has 0 heterocycles. The molecule has 0 atom stereocenters. The molecule has 0 unspecified atom stereocenters. The second kappa shape index (κ2) is 23.4. The van der Waals surface area contributed by atoms with Crippen molar-refractivity contribution in [2.75, 3.05) is 0 Å². The maximum atomic E-state index is 4.93. The third-order valence-corrected chi connectivity index (χ3v) is 12.8. The summed E-state index contributed by atoms with van der Waals surface area (Å²) >= 11 is -0.826. The van der Waals surface area contributed by atoms with Crippen LogP contribution < -0.4 is 0 Å². The third kappa shape index (κ3) is 13.8. The molecule has 0 aliphatic heterocycles. The standard InChI is InChI=1S/2C31H35.C2H6Si.2ClH.Zr/c2*1-8-21-14-15-23-16-24(22-12-10-9-11-13-22)19-28(23)29(21)25-17-26(30(2,3)4)20-27(18-25)31(5,6)7;1-3-2;;;/h2*9-20H,8H2,1-7H3;1-2H3;2*1H;/q2*-1;;;;+4/p-2. The van der Waals surface area contributed by atoms with E-state index in [1.807, 2.05) is 0 Å². The maximum absolute atomic E-state index is 4.93. The van der Waals surface area contributed by atoms with Crippen molar-refractivity contribution in [3.63, 3.8) is 0 Å². The van der Waals surface area contributed by atoms with Gasteiger partial charge < -0.3 is 0 Å². The van der Waals surface area contributed by atoms with Gasteiger partial charge in [-0.05, 0) is 79.0 Å². The van der Waals surface area contributed by atoms with Crippen LogP contribution >= 0.6 is 17.0 Å². The number of benzene rings is 6. The molecule has 354 valence electrons. The first-order valence-corrected chi connectivity index (χ1v) is 32.7. The molecule has 8 aromatic rings. The van der Waals surface area contributed by atoms with Crippen molar-refractivity contribution >= 4 is 48.1 Å². The Balaban J connectivity index is 0.000000228. The molecule has 0 fully saturated rings. The summed E-state index contributed by atoms with van der Waals surface area (Å²) in [4.78, 5) is 0. The third-order valence-electron chi connectivity index (χ3n) is 12.8. The van der Waals surface area contributed by atoms with Crippen LogP contribution in [0, 0.1) is 0 Å². The Hall–Kier alpha value is -3.78. The van der Waals surface area contributed by atoms with Crippen molar-refractivity contribution in [3.8, 4) is 44.5 Å². The Labute approximate surface area is 433 Å². The zero-order chi connectivity index (χ0) is 50.2. The van der Waals surface area contributed by atoms with E-state index in [1.165, 1.54) is 99.4 Å². The van der Waals surface area contributed by atoms with E-state index in [0.717, 1.165) is 22.4 Å². The number of rotatable bonds is 6. The van der Waals surface area contributed by atoms with Gasteiger partial charge >= 0.3 is 37.9 Å². The molecule has 8 rings (SSSR count). The first-order valence-electron chi connectivity index (χ1n) is 24.4. The summed E-state index contributed by atoms with van der Waals surface area (Å²) in [5, 5.41) is 5.38. The molecule has 0 aliphatic rings. The molecule has 0 spiro atoms. The molecule has 0 amide bonds. The monoisotopic (exact) mass is 1030 g/mol. The van der Waals surface area contributed by atoms with Crippen LogP contribution in [0.3, 0.4) is 0 Å². The van der Waals surface area contributed by atoms with E-state index in [1.54, 1.807) is 0 Å². The van der Waals surface area contributed by atoms with E-state index in [2.05, 4.69) is 256 Å². The number of hydrogen-bond acceptors (Lipinski definition) is 0. The Morgan fingerprint density at radius 2 is 0.691 bits per heavy atom. The summed E-state index contributed by atoms with van der Waals surface area (Å²) in [6.07, 6.45) is 2.06. The SMILES string of the molecule is CCc1ccc2[cH-]c(-c3ccccc3)cc2c1-c1cc(C(C)(C)C)cc(C(C)(C)C)c1.CCc1ccc2[cH-]c(-c3ccccc3)cc2c1-c1cc(C(C)(C)C)cc(C(C)(C)C)c1.C[Si]C.[Cl][Zr+2][Cl]. The van der Waals surface area contributed by atoms with Crippen molar-refractivity contribution in [1.29, 1.82) is 0 Å². The topological polar surface area (TPSA) is 0 Å². The molecule has 0 nitrogen and oxygen atoms in total. The first-order chi connectivity index (χ1) is 32.0. The van der Waals surface area contributed by atoms with Gasteiger partial charge in [0.05, 0.1) is 0 Å². The molecular weight excluding hydrogens is 959 g/mol. The first kappa shape index (κ1) is 55.2. The van der Waals surface area contributed by atoms with Crippen molar-refractivity contribution in [2.24, 2.45) is 0 Å². The molecule has 0 aromatic heterocycles. The van der Waals surface area contributed by atoms with E-state index in [9.17, 15) is 0 Å². The number of fused-ring (bicyclic) bond motifs is 2. The summed E-state index contributed by atoms with van der Waals surface area (Å²) in [7, 11) is 11.0. The van der Waals surface area contributed by atoms with Gasteiger partial charge in [0, 0.05) is 9.52 Å². The molecule has 8 aromatic carbocycles. The van der Waals surface area contributed by atoms with Crippen molar-refractivity contribution in [2.45, 2.75) is 145 Å². The van der Waals surface area contributed by atoms with Gasteiger partial charge in [0.15, 0.2) is 0 Å². The second-order valence-electron chi connectivity index (χ2n) is 22.3. The average molecular weight is 1040 g/mol. The molecule has 68 heavy (non-hydrogen) atoms. The summed E-state index contributed by atoms with van der Waals surface area (Å²) < 4.78 is 0. The number of aryl methyl sites for hydroxylation is 2. The fourth-order valence-corrected chi connectivity index (χ4v) is 8.80. The molecule has 0 N–H and O–H groups in total. The van der Waals surface area contributed by atoms with Crippen molar-refractivity contribution in [1.82, 2.24) is 0 Å². The summed E-state index contributed by atoms with van der Waals surface area (Å²) in [6, 6.07) is 54.7. The van der Waals surface area contributed by atoms with E-state index >= 15 is 0 Å². The van der Waals surface area contributed by atoms with E-state index in [4.69, 9.17) is 17.0 Å². The van der Waals surface area contributed by atoms with Crippen LogP contribution in [0.4, 0.5) is 0 Å². The molecule has 4 heteroatoms. The van der Waals surface area contributed by atoms with E-state index < -0.39 is 20.8 Å².